The molecule has 0 amide bonds. The van der Waals surface area contributed by atoms with Crippen molar-refractivity contribution in [1.82, 2.24) is 0 Å². The molecule has 2 N–H and O–H groups in total. The molecule has 3 nitrogen and oxygen atoms in total. The van der Waals surface area contributed by atoms with Crippen LogP contribution >= 0.6 is 11.6 Å². The van der Waals surface area contributed by atoms with Gasteiger partial charge in [-0.1, -0.05) is 16.8 Å². The molecule has 0 unspecified atom stereocenters. The fraction of sp³-hybridized carbons (Fsp3) is 0.222. The van der Waals surface area contributed by atoms with Crippen molar-refractivity contribution in [3.63, 3.8) is 0 Å². The smallest absolute Gasteiger partial charge is 0.125 e. The predicted molar refractivity (Wildman–Crippen MR) is 49.8 cm³/mol. The van der Waals surface area contributed by atoms with Crippen LogP contribution in [0, 0.1) is 0 Å². The molecule has 0 fully saturated rings. The number of benzene rings is 1. The van der Waals surface area contributed by atoms with Gasteiger partial charge in [-0.25, -0.2) is 0 Å². The van der Waals surface area contributed by atoms with Crippen LogP contribution in [0.1, 0.15) is 17.5 Å². The van der Waals surface area contributed by atoms with Crippen LogP contribution in [0.4, 0.5) is 0 Å². The zero-order valence-corrected chi connectivity index (χ0v) is 7.54. The Labute approximate surface area is 80.3 Å². The van der Waals surface area contributed by atoms with Crippen molar-refractivity contribution in [1.29, 1.82) is 0 Å². The van der Waals surface area contributed by atoms with Crippen LogP contribution < -0.4 is 0 Å². The third-order valence-electron chi connectivity index (χ3n) is 2.25. The SMILES string of the molecule is ON=C1CCc2c(Cl)ccc(O)c21. The summed E-state index contributed by atoms with van der Waals surface area (Å²) in [6.07, 6.45) is 1.35. The van der Waals surface area contributed by atoms with Gasteiger partial charge >= 0.3 is 0 Å². The normalized spacial score (nSPS) is 17.8. The van der Waals surface area contributed by atoms with Gasteiger partial charge in [0, 0.05) is 10.6 Å². The van der Waals surface area contributed by atoms with Gasteiger partial charge in [0.15, 0.2) is 0 Å². The standard InChI is InChI=1S/C9H8ClNO2/c10-6-2-4-8(12)9-5(6)1-3-7(9)11-13/h2,4,12-13H,1,3H2. The number of fused-ring (bicyclic) bond motifs is 1. The molecular formula is C9H8ClNO2. The highest BCUT2D eigenvalue weighted by Gasteiger charge is 2.23. The van der Waals surface area contributed by atoms with Gasteiger partial charge in [0.05, 0.1) is 5.71 Å². The van der Waals surface area contributed by atoms with Crippen LogP contribution in [0.15, 0.2) is 17.3 Å². The Hall–Kier alpha value is -1.22. The van der Waals surface area contributed by atoms with Gasteiger partial charge in [0.2, 0.25) is 0 Å². The van der Waals surface area contributed by atoms with E-state index in [0.717, 1.165) is 12.0 Å². The highest BCUT2D eigenvalue weighted by molar-refractivity contribution is 6.32. The molecule has 0 bridgehead atoms. The summed E-state index contributed by atoms with van der Waals surface area (Å²) in [4.78, 5) is 0. The molecule has 4 heteroatoms. The number of hydrogen-bond donors (Lipinski definition) is 2. The van der Waals surface area contributed by atoms with Crippen molar-refractivity contribution in [2.45, 2.75) is 12.8 Å². The summed E-state index contributed by atoms with van der Waals surface area (Å²) < 4.78 is 0. The molecular weight excluding hydrogens is 190 g/mol. The van der Waals surface area contributed by atoms with Crippen LogP contribution in [-0.2, 0) is 6.42 Å². The van der Waals surface area contributed by atoms with E-state index in [0.29, 0.717) is 22.7 Å². The van der Waals surface area contributed by atoms with Crippen LogP contribution in [0.5, 0.6) is 5.75 Å². The minimum absolute atomic E-state index is 0.129. The Morgan fingerprint density at radius 2 is 2.08 bits per heavy atom. The fourth-order valence-corrected chi connectivity index (χ4v) is 1.90. The van der Waals surface area contributed by atoms with Gasteiger partial charge in [-0.05, 0) is 30.5 Å². The largest absolute Gasteiger partial charge is 0.507 e. The van der Waals surface area contributed by atoms with E-state index in [4.69, 9.17) is 16.8 Å². The Morgan fingerprint density at radius 3 is 2.77 bits per heavy atom. The first-order valence-electron chi connectivity index (χ1n) is 3.95. The van der Waals surface area contributed by atoms with Crippen molar-refractivity contribution in [3.8, 4) is 5.75 Å². The first-order valence-corrected chi connectivity index (χ1v) is 4.33. The van der Waals surface area contributed by atoms with E-state index in [-0.39, 0.29) is 5.75 Å². The van der Waals surface area contributed by atoms with Crippen LogP contribution in [0.2, 0.25) is 5.02 Å². The molecule has 1 aromatic rings. The highest BCUT2D eigenvalue weighted by atomic mass is 35.5. The third-order valence-corrected chi connectivity index (χ3v) is 2.61. The second-order valence-corrected chi connectivity index (χ2v) is 3.37. The Bertz CT molecular complexity index is 387. The molecule has 0 saturated heterocycles. The number of nitrogens with zero attached hydrogens (tertiary/aromatic N) is 1. The molecule has 0 radical (unpaired) electrons. The Balaban J connectivity index is 2.69. The first-order chi connectivity index (χ1) is 6.24. The Morgan fingerprint density at radius 1 is 1.31 bits per heavy atom. The molecule has 0 aromatic heterocycles. The van der Waals surface area contributed by atoms with Crippen molar-refractivity contribution < 1.29 is 10.3 Å². The highest BCUT2D eigenvalue weighted by Crippen LogP contribution is 2.35. The molecule has 1 aliphatic rings. The summed E-state index contributed by atoms with van der Waals surface area (Å²) in [6.45, 7) is 0. The molecule has 68 valence electrons. The summed E-state index contributed by atoms with van der Waals surface area (Å²) >= 11 is 5.92. The Kier molecular flexibility index (Phi) is 1.88. The van der Waals surface area contributed by atoms with Gasteiger partial charge in [-0.15, -0.1) is 0 Å². The molecule has 0 aliphatic heterocycles. The quantitative estimate of drug-likeness (QED) is 0.495. The maximum Gasteiger partial charge on any atom is 0.125 e. The maximum atomic E-state index is 9.51. The number of oxime groups is 1. The molecule has 1 aromatic carbocycles. The monoisotopic (exact) mass is 197 g/mol. The number of halogens is 1. The number of phenolic OH excluding ortho intramolecular Hbond substituents is 1. The first kappa shape index (κ1) is 8.38. The maximum absolute atomic E-state index is 9.51. The number of phenols is 1. The van der Waals surface area contributed by atoms with Crippen molar-refractivity contribution in [2.75, 3.05) is 0 Å². The lowest BCUT2D eigenvalue weighted by atomic mass is 10.1. The lowest BCUT2D eigenvalue weighted by Crippen LogP contribution is -1.94. The van der Waals surface area contributed by atoms with Gasteiger partial charge in [0.1, 0.15) is 5.75 Å². The lowest BCUT2D eigenvalue weighted by molar-refractivity contribution is 0.318. The number of aromatic hydroxyl groups is 1. The van der Waals surface area contributed by atoms with Crippen molar-refractivity contribution >= 4 is 17.3 Å². The summed E-state index contributed by atoms with van der Waals surface area (Å²) in [5, 5.41) is 21.9. The molecule has 13 heavy (non-hydrogen) atoms. The second kappa shape index (κ2) is 2.92. The van der Waals surface area contributed by atoms with Crippen molar-refractivity contribution in [3.05, 3.63) is 28.3 Å². The molecule has 0 atom stereocenters. The van der Waals surface area contributed by atoms with E-state index in [9.17, 15) is 5.11 Å². The van der Waals surface area contributed by atoms with E-state index < -0.39 is 0 Å². The van der Waals surface area contributed by atoms with E-state index in [1.54, 1.807) is 6.07 Å². The average Bonchev–Trinajstić information content (AvgIpc) is 2.56. The van der Waals surface area contributed by atoms with Gasteiger partial charge < -0.3 is 10.3 Å². The zero-order chi connectivity index (χ0) is 9.42. The number of rotatable bonds is 0. The summed E-state index contributed by atoms with van der Waals surface area (Å²) in [6, 6.07) is 3.16. The molecule has 0 heterocycles. The zero-order valence-electron chi connectivity index (χ0n) is 6.79. The third kappa shape index (κ3) is 1.16. The fourth-order valence-electron chi connectivity index (χ4n) is 1.64. The molecule has 0 saturated carbocycles. The minimum Gasteiger partial charge on any atom is -0.507 e. The number of hydrogen-bond acceptors (Lipinski definition) is 3. The summed E-state index contributed by atoms with van der Waals surface area (Å²) in [5.41, 5.74) is 1.97. The van der Waals surface area contributed by atoms with Crippen molar-refractivity contribution in [2.24, 2.45) is 5.16 Å². The summed E-state index contributed by atoms with van der Waals surface area (Å²) in [7, 11) is 0. The second-order valence-electron chi connectivity index (χ2n) is 2.97. The van der Waals surface area contributed by atoms with Gasteiger partial charge in [-0.2, -0.15) is 0 Å². The van der Waals surface area contributed by atoms with E-state index in [1.165, 1.54) is 6.07 Å². The molecule has 0 spiro atoms. The van der Waals surface area contributed by atoms with Crippen LogP contribution in [0.3, 0.4) is 0 Å². The summed E-state index contributed by atoms with van der Waals surface area (Å²) in [5.74, 6) is 0.129. The average molecular weight is 198 g/mol. The minimum atomic E-state index is 0.129. The topological polar surface area (TPSA) is 52.8 Å². The van der Waals surface area contributed by atoms with Gasteiger partial charge in [0.25, 0.3) is 0 Å². The van der Waals surface area contributed by atoms with Gasteiger partial charge in [-0.3, -0.25) is 0 Å². The van der Waals surface area contributed by atoms with E-state index in [1.807, 2.05) is 0 Å². The van der Waals surface area contributed by atoms with E-state index in [2.05, 4.69) is 5.16 Å². The van der Waals surface area contributed by atoms with Crippen LogP contribution in [0.25, 0.3) is 0 Å². The van der Waals surface area contributed by atoms with Crippen LogP contribution in [-0.4, -0.2) is 16.0 Å². The molecule has 2 rings (SSSR count). The predicted octanol–water partition coefficient (Wildman–Crippen LogP) is 2.17. The lowest BCUT2D eigenvalue weighted by Gasteiger charge is -2.03. The molecule has 1 aliphatic carbocycles. The van der Waals surface area contributed by atoms with E-state index >= 15 is 0 Å².